The molecule has 0 radical (unpaired) electrons. The molecule has 0 bridgehead atoms. The van der Waals surface area contributed by atoms with Crippen LogP contribution in [-0.2, 0) is 13.1 Å². The molecular formula is C16H20N2O3. The van der Waals surface area contributed by atoms with Gasteiger partial charge in [0, 0.05) is 25.5 Å². The summed E-state index contributed by atoms with van der Waals surface area (Å²) in [7, 11) is 3.04. The predicted molar refractivity (Wildman–Crippen MR) is 80.7 cm³/mol. The molecule has 21 heavy (non-hydrogen) atoms. The standard InChI is InChI=1S/C16H20N2O3/c1-11-4-5-17-9-13(11)10-18-8-12-6-14(20-2)16(19)15(7-12)21-3/h4-7,9,18-19H,8,10H2,1-3H3. The molecule has 0 aliphatic rings. The molecule has 5 heteroatoms. The third-order valence-corrected chi connectivity index (χ3v) is 3.33. The third kappa shape index (κ3) is 3.64. The van der Waals surface area contributed by atoms with Crippen molar-refractivity contribution in [3.05, 3.63) is 47.3 Å². The van der Waals surface area contributed by atoms with Gasteiger partial charge in [0.1, 0.15) is 0 Å². The summed E-state index contributed by atoms with van der Waals surface area (Å²) in [6.07, 6.45) is 3.65. The number of nitrogens with zero attached hydrogens (tertiary/aromatic N) is 1. The van der Waals surface area contributed by atoms with Gasteiger partial charge in [0.25, 0.3) is 0 Å². The number of nitrogens with one attached hydrogen (secondary N) is 1. The zero-order valence-corrected chi connectivity index (χ0v) is 12.5. The summed E-state index contributed by atoms with van der Waals surface area (Å²) in [5.74, 6) is 0.833. The van der Waals surface area contributed by atoms with Crippen molar-refractivity contribution >= 4 is 0 Å². The monoisotopic (exact) mass is 288 g/mol. The molecule has 0 aliphatic carbocycles. The topological polar surface area (TPSA) is 63.6 Å². The Balaban J connectivity index is 2.05. The molecule has 0 amide bonds. The highest BCUT2D eigenvalue weighted by atomic mass is 16.5. The minimum Gasteiger partial charge on any atom is -0.502 e. The summed E-state index contributed by atoms with van der Waals surface area (Å²) in [6.45, 7) is 3.43. The van der Waals surface area contributed by atoms with E-state index in [0.29, 0.717) is 18.0 Å². The quantitative estimate of drug-likeness (QED) is 0.854. The highest BCUT2D eigenvalue weighted by molar-refractivity contribution is 5.52. The Hall–Kier alpha value is -2.27. The number of phenols is 1. The number of aromatic hydroxyl groups is 1. The molecule has 0 atom stereocenters. The van der Waals surface area contributed by atoms with Gasteiger partial charge < -0.3 is 19.9 Å². The van der Waals surface area contributed by atoms with E-state index < -0.39 is 0 Å². The second-order valence-electron chi connectivity index (χ2n) is 4.75. The number of pyridine rings is 1. The van der Waals surface area contributed by atoms with Crippen LogP contribution in [0.3, 0.4) is 0 Å². The lowest BCUT2D eigenvalue weighted by Crippen LogP contribution is -2.13. The number of phenolic OH excluding ortho intramolecular Hbond substituents is 1. The van der Waals surface area contributed by atoms with E-state index in [0.717, 1.165) is 17.7 Å². The molecule has 1 heterocycles. The highest BCUT2D eigenvalue weighted by Crippen LogP contribution is 2.36. The Morgan fingerprint density at radius 3 is 2.38 bits per heavy atom. The summed E-state index contributed by atoms with van der Waals surface area (Å²) < 4.78 is 10.3. The predicted octanol–water partition coefficient (Wildman–Crippen LogP) is 2.40. The highest BCUT2D eigenvalue weighted by Gasteiger charge is 2.11. The van der Waals surface area contributed by atoms with E-state index in [2.05, 4.69) is 17.2 Å². The summed E-state index contributed by atoms with van der Waals surface area (Å²) in [6, 6.07) is 5.57. The molecule has 0 saturated carbocycles. The smallest absolute Gasteiger partial charge is 0.200 e. The summed E-state index contributed by atoms with van der Waals surface area (Å²) in [5, 5.41) is 13.2. The van der Waals surface area contributed by atoms with Gasteiger partial charge in [0.2, 0.25) is 5.75 Å². The second-order valence-corrected chi connectivity index (χ2v) is 4.75. The first-order valence-corrected chi connectivity index (χ1v) is 6.69. The zero-order chi connectivity index (χ0) is 15.2. The molecule has 1 aromatic heterocycles. The number of rotatable bonds is 6. The zero-order valence-electron chi connectivity index (χ0n) is 12.5. The molecule has 112 valence electrons. The second kappa shape index (κ2) is 6.95. The van der Waals surface area contributed by atoms with Gasteiger partial charge in [0.15, 0.2) is 11.5 Å². The largest absolute Gasteiger partial charge is 0.502 e. The lowest BCUT2D eigenvalue weighted by Gasteiger charge is -2.12. The van der Waals surface area contributed by atoms with Crippen LogP contribution >= 0.6 is 0 Å². The van der Waals surface area contributed by atoms with Crippen LogP contribution in [-0.4, -0.2) is 24.3 Å². The fourth-order valence-electron chi connectivity index (χ4n) is 2.07. The van der Waals surface area contributed by atoms with Gasteiger partial charge in [-0.2, -0.15) is 0 Å². The number of aromatic nitrogens is 1. The van der Waals surface area contributed by atoms with Crippen molar-refractivity contribution in [2.24, 2.45) is 0 Å². The molecule has 0 aliphatic heterocycles. The Morgan fingerprint density at radius 2 is 1.81 bits per heavy atom. The van der Waals surface area contributed by atoms with Crippen molar-refractivity contribution in [2.45, 2.75) is 20.0 Å². The number of benzene rings is 1. The van der Waals surface area contributed by atoms with E-state index >= 15 is 0 Å². The Bertz CT molecular complexity index is 589. The van der Waals surface area contributed by atoms with Crippen molar-refractivity contribution in [1.29, 1.82) is 0 Å². The van der Waals surface area contributed by atoms with Crippen molar-refractivity contribution in [3.63, 3.8) is 0 Å². The van der Waals surface area contributed by atoms with E-state index in [1.807, 2.05) is 12.3 Å². The molecule has 0 saturated heterocycles. The fraction of sp³-hybridized carbons (Fsp3) is 0.312. The number of ether oxygens (including phenoxy) is 2. The van der Waals surface area contributed by atoms with E-state index in [4.69, 9.17) is 9.47 Å². The molecule has 2 aromatic rings. The van der Waals surface area contributed by atoms with Gasteiger partial charge in [-0.3, -0.25) is 4.98 Å². The molecule has 5 nitrogen and oxygen atoms in total. The third-order valence-electron chi connectivity index (χ3n) is 3.33. The van der Waals surface area contributed by atoms with Crippen molar-refractivity contribution in [1.82, 2.24) is 10.3 Å². The van der Waals surface area contributed by atoms with E-state index in [1.54, 1.807) is 18.3 Å². The molecule has 2 N–H and O–H groups in total. The molecule has 0 fully saturated rings. The summed E-state index contributed by atoms with van der Waals surface area (Å²) in [5.41, 5.74) is 3.34. The number of hydrogen-bond donors (Lipinski definition) is 2. The maximum Gasteiger partial charge on any atom is 0.200 e. The van der Waals surface area contributed by atoms with Crippen LogP contribution in [0.5, 0.6) is 17.2 Å². The first-order valence-electron chi connectivity index (χ1n) is 6.69. The van der Waals surface area contributed by atoms with Crippen molar-refractivity contribution in [2.75, 3.05) is 14.2 Å². The van der Waals surface area contributed by atoms with Crippen LogP contribution in [0.15, 0.2) is 30.6 Å². The summed E-state index contributed by atoms with van der Waals surface area (Å²) in [4.78, 5) is 4.12. The number of aryl methyl sites for hydroxylation is 1. The van der Waals surface area contributed by atoms with Gasteiger partial charge >= 0.3 is 0 Å². The van der Waals surface area contributed by atoms with Gasteiger partial charge in [-0.25, -0.2) is 0 Å². The van der Waals surface area contributed by atoms with Crippen LogP contribution in [0.2, 0.25) is 0 Å². The molecule has 1 aromatic carbocycles. The first-order chi connectivity index (χ1) is 10.2. The number of hydrogen-bond acceptors (Lipinski definition) is 5. The van der Waals surface area contributed by atoms with Crippen LogP contribution in [0, 0.1) is 6.92 Å². The maximum absolute atomic E-state index is 9.87. The van der Waals surface area contributed by atoms with Crippen molar-refractivity contribution in [3.8, 4) is 17.2 Å². The Labute approximate surface area is 124 Å². The van der Waals surface area contributed by atoms with E-state index in [1.165, 1.54) is 19.8 Å². The fourth-order valence-corrected chi connectivity index (χ4v) is 2.07. The molecule has 2 rings (SSSR count). The lowest BCUT2D eigenvalue weighted by atomic mass is 10.1. The Morgan fingerprint density at radius 1 is 1.14 bits per heavy atom. The SMILES string of the molecule is COc1cc(CNCc2cnccc2C)cc(OC)c1O. The minimum atomic E-state index is 0.0202. The molecule has 0 spiro atoms. The van der Waals surface area contributed by atoms with Crippen LogP contribution in [0.25, 0.3) is 0 Å². The normalized spacial score (nSPS) is 10.4. The van der Waals surface area contributed by atoms with E-state index in [-0.39, 0.29) is 5.75 Å². The molecular weight excluding hydrogens is 268 g/mol. The maximum atomic E-state index is 9.87. The number of methoxy groups -OCH3 is 2. The average molecular weight is 288 g/mol. The van der Waals surface area contributed by atoms with Gasteiger partial charge in [-0.1, -0.05) is 0 Å². The van der Waals surface area contributed by atoms with E-state index in [9.17, 15) is 5.11 Å². The van der Waals surface area contributed by atoms with Crippen LogP contribution < -0.4 is 14.8 Å². The summed E-state index contributed by atoms with van der Waals surface area (Å²) >= 11 is 0. The van der Waals surface area contributed by atoms with Crippen molar-refractivity contribution < 1.29 is 14.6 Å². The minimum absolute atomic E-state index is 0.0202. The Kier molecular flexibility index (Phi) is 5.00. The average Bonchev–Trinajstić information content (AvgIpc) is 2.50. The first kappa shape index (κ1) is 15.1. The van der Waals surface area contributed by atoms with Gasteiger partial charge in [0.05, 0.1) is 14.2 Å². The van der Waals surface area contributed by atoms with Crippen LogP contribution in [0.4, 0.5) is 0 Å². The molecule has 0 unspecified atom stereocenters. The lowest BCUT2D eigenvalue weighted by molar-refractivity contribution is 0.339. The van der Waals surface area contributed by atoms with Gasteiger partial charge in [-0.05, 0) is 41.8 Å². The van der Waals surface area contributed by atoms with Gasteiger partial charge in [-0.15, -0.1) is 0 Å². The van der Waals surface area contributed by atoms with Crippen LogP contribution in [0.1, 0.15) is 16.7 Å².